The van der Waals surface area contributed by atoms with Gasteiger partial charge in [0.15, 0.2) is 0 Å². The molecule has 8 heteroatoms. The Hall–Kier alpha value is -1.03. The lowest BCUT2D eigenvalue weighted by Gasteiger charge is -2.42. The maximum Gasteiger partial charge on any atom is 0.305 e. The van der Waals surface area contributed by atoms with Crippen molar-refractivity contribution in [2.75, 3.05) is 26.9 Å². The first-order chi connectivity index (χ1) is 13.3. The summed E-state index contributed by atoms with van der Waals surface area (Å²) in [6.45, 7) is 8.71. The zero-order valence-corrected chi connectivity index (χ0v) is 17.2. The first-order valence-corrected chi connectivity index (χ1v) is 9.92. The highest BCUT2D eigenvalue weighted by atomic mass is 16.6. The third-order valence-corrected chi connectivity index (χ3v) is 4.96. The number of rotatable bonds is 2. The van der Waals surface area contributed by atoms with Crippen molar-refractivity contribution in [1.29, 1.82) is 0 Å². The second-order valence-corrected chi connectivity index (χ2v) is 7.16. The lowest BCUT2D eigenvalue weighted by atomic mass is 9.93. The van der Waals surface area contributed by atoms with Gasteiger partial charge in [-0.3, -0.25) is 4.79 Å². The average Bonchev–Trinajstić information content (AvgIpc) is 2.70. The van der Waals surface area contributed by atoms with E-state index in [0.717, 1.165) is 19.4 Å². The van der Waals surface area contributed by atoms with Gasteiger partial charge in [0.1, 0.15) is 6.10 Å². The van der Waals surface area contributed by atoms with Crippen LogP contribution in [-0.2, 0) is 23.7 Å². The Labute approximate surface area is 167 Å². The monoisotopic (exact) mass is 404 g/mol. The van der Waals surface area contributed by atoms with Crippen LogP contribution in [-0.4, -0.2) is 84.8 Å². The summed E-state index contributed by atoms with van der Waals surface area (Å²) in [5, 5.41) is 27.8. The van der Waals surface area contributed by atoms with Gasteiger partial charge in [-0.15, -0.1) is 0 Å². The molecule has 0 amide bonds. The van der Waals surface area contributed by atoms with Gasteiger partial charge in [-0.2, -0.15) is 0 Å². The molecule has 3 aliphatic heterocycles. The number of carbonyl (C=O) groups is 1. The molecule has 3 rings (SSSR count). The van der Waals surface area contributed by atoms with Crippen molar-refractivity contribution in [3.05, 3.63) is 12.2 Å². The van der Waals surface area contributed by atoms with Gasteiger partial charge in [-0.25, -0.2) is 0 Å². The minimum absolute atomic E-state index is 0.142. The van der Waals surface area contributed by atoms with Crippen LogP contribution >= 0.6 is 0 Å². The van der Waals surface area contributed by atoms with Gasteiger partial charge >= 0.3 is 5.97 Å². The molecule has 6 atom stereocenters. The predicted octanol–water partition coefficient (Wildman–Crippen LogP) is 0.958. The van der Waals surface area contributed by atoms with Crippen molar-refractivity contribution in [3.8, 4) is 0 Å². The second kappa shape index (κ2) is 13.2. The maximum atomic E-state index is 9.96. The highest BCUT2D eigenvalue weighted by molar-refractivity contribution is 5.68. The summed E-state index contributed by atoms with van der Waals surface area (Å²) < 4.78 is 20.3. The molecule has 8 nitrogen and oxygen atoms in total. The quantitative estimate of drug-likeness (QED) is 0.461. The fourth-order valence-corrected chi connectivity index (χ4v) is 3.09. The maximum absolute atomic E-state index is 9.96. The third-order valence-electron chi connectivity index (χ3n) is 4.96. The molecule has 0 aliphatic carbocycles. The molecule has 0 unspecified atom stereocenters. The van der Waals surface area contributed by atoms with Crippen molar-refractivity contribution in [3.63, 3.8) is 0 Å². The Morgan fingerprint density at radius 2 is 1.96 bits per heavy atom. The van der Waals surface area contributed by atoms with E-state index in [4.69, 9.17) is 19.3 Å². The van der Waals surface area contributed by atoms with Crippen molar-refractivity contribution in [1.82, 2.24) is 0 Å². The molecule has 0 bridgehead atoms. The predicted molar refractivity (Wildman–Crippen MR) is 103 cm³/mol. The number of fused-ring (bicyclic) bond motifs is 1. The molecule has 0 aromatic rings. The minimum Gasteiger partial charge on any atom is -0.469 e. The lowest BCUT2D eigenvalue weighted by molar-refractivity contribution is -0.226. The molecule has 3 fully saturated rings. The molecule has 0 saturated carbocycles. The molecule has 3 heterocycles. The van der Waals surface area contributed by atoms with Crippen LogP contribution in [0.2, 0.25) is 0 Å². The molecule has 3 aliphatic rings. The summed E-state index contributed by atoms with van der Waals surface area (Å²) in [5.41, 5.74) is 1.25. The zero-order chi connectivity index (χ0) is 21.1. The molecule has 3 saturated heterocycles. The van der Waals surface area contributed by atoms with E-state index in [1.54, 1.807) is 6.92 Å². The summed E-state index contributed by atoms with van der Waals surface area (Å²) in [6, 6.07) is 0. The van der Waals surface area contributed by atoms with E-state index < -0.39 is 18.3 Å². The SMILES string of the molecule is C=C1CCCO[C@@H]1C.CCC(=O)OC.OC[C@H]1O[C@H]2C[C@@H](O)CO[C@H]2C[C@H]1O. The van der Waals surface area contributed by atoms with Crippen LogP contribution < -0.4 is 0 Å². The van der Waals surface area contributed by atoms with Gasteiger partial charge in [0.25, 0.3) is 0 Å². The summed E-state index contributed by atoms with van der Waals surface area (Å²) in [4.78, 5) is 9.96. The van der Waals surface area contributed by atoms with Crippen molar-refractivity contribution >= 4 is 5.97 Å². The van der Waals surface area contributed by atoms with Gasteiger partial charge in [-0.05, 0) is 25.3 Å². The lowest BCUT2D eigenvalue weighted by Crippen LogP contribution is -2.53. The van der Waals surface area contributed by atoms with Gasteiger partial charge in [0, 0.05) is 25.9 Å². The summed E-state index contributed by atoms with van der Waals surface area (Å²) in [7, 11) is 1.38. The van der Waals surface area contributed by atoms with E-state index in [1.165, 1.54) is 12.7 Å². The number of carbonyl (C=O) groups excluding carboxylic acids is 1. The molecular formula is C20H36O8. The van der Waals surface area contributed by atoms with E-state index in [0.29, 0.717) is 32.0 Å². The van der Waals surface area contributed by atoms with Gasteiger partial charge in [0.2, 0.25) is 0 Å². The molecule has 0 spiro atoms. The molecule has 0 aromatic carbocycles. The Bertz CT molecular complexity index is 463. The van der Waals surface area contributed by atoms with Crippen LogP contribution in [0.4, 0.5) is 0 Å². The Balaban J connectivity index is 0.000000238. The summed E-state index contributed by atoms with van der Waals surface area (Å²) in [5.74, 6) is -0.157. The topological polar surface area (TPSA) is 115 Å². The van der Waals surface area contributed by atoms with E-state index in [-0.39, 0.29) is 24.8 Å². The van der Waals surface area contributed by atoms with Crippen LogP contribution in [0, 0.1) is 0 Å². The highest BCUT2D eigenvalue weighted by Crippen LogP contribution is 2.28. The number of hydrogen-bond donors (Lipinski definition) is 3. The normalized spacial score (nSPS) is 34.7. The second-order valence-electron chi connectivity index (χ2n) is 7.16. The number of aliphatic hydroxyl groups is 3. The Morgan fingerprint density at radius 3 is 2.43 bits per heavy atom. The van der Waals surface area contributed by atoms with Crippen LogP contribution in [0.5, 0.6) is 0 Å². The van der Waals surface area contributed by atoms with Crippen molar-refractivity contribution < 1.29 is 39.1 Å². The van der Waals surface area contributed by atoms with Crippen LogP contribution in [0.15, 0.2) is 12.2 Å². The average molecular weight is 405 g/mol. The fourth-order valence-electron chi connectivity index (χ4n) is 3.09. The highest BCUT2D eigenvalue weighted by Gasteiger charge is 2.40. The smallest absolute Gasteiger partial charge is 0.305 e. The number of ether oxygens (including phenoxy) is 4. The molecule has 0 radical (unpaired) electrons. The van der Waals surface area contributed by atoms with E-state index in [9.17, 15) is 15.0 Å². The van der Waals surface area contributed by atoms with Crippen LogP contribution in [0.3, 0.4) is 0 Å². The van der Waals surface area contributed by atoms with E-state index in [1.807, 2.05) is 0 Å². The Kier molecular flexibility index (Phi) is 11.8. The minimum atomic E-state index is -0.670. The fraction of sp³-hybridized carbons (Fsp3) is 0.850. The van der Waals surface area contributed by atoms with E-state index in [2.05, 4.69) is 18.2 Å². The largest absolute Gasteiger partial charge is 0.469 e. The third kappa shape index (κ3) is 8.55. The van der Waals surface area contributed by atoms with Crippen LogP contribution in [0.1, 0.15) is 46.0 Å². The van der Waals surface area contributed by atoms with Crippen molar-refractivity contribution in [2.24, 2.45) is 0 Å². The van der Waals surface area contributed by atoms with E-state index >= 15 is 0 Å². The first kappa shape index (κ1) is 25.0. The first-order valence-electron chi connectivity index (χ1n) is 9.92. The molecule has 164 valence electrons. The number of hydrogen-bond acceptors (Lipinski definition) is 8. The number of methoxy groups -OCH3 is 1. The molecule has 0 aromatic heterocycles. The van der Waals surface area contributed by atoms with Crippen molar-refractivity contribution in [2.45, 2.75) is 82.6 Å². The van der Waals surface area contributed by atoms with Gasteiger partial charge in [-0.1, -0.05) is 13.5 Å². The standard InChI is InChI=1S/C9H16O5.C7H12O.C4H8O2/c10-3-9-6(12)2-7-8(14-9)1-5(11)4-13-7;1-6-4-3-5-8-7(6)2;1-3-4(5)6-2/h5-12H,1-4H2;7H,1,3-5H2,2H3;3H2,1-2H3/t5-,6-,7+,8+,9-;7-;/m11./s1. The van der Waals surface area contributed by atoms with Gasteiger partial charge in [0.05, 0.1) is 50.8 Å². The molecular weight excluding hydrogens is 368 g/mol. The van der Waals surface area contributed by atoms with Gasteiger partial charge < -0.3 is 34.3 Å². The number of esters is 1. The Morgan fingerprint density at radius 1 is 1.25 bits per heavy atom. The summed E-state index contributed by atoms with van der Waals surface area (Å²) >= 11 is 0. The molecule has 28 heavy (non-hydrogen) atoms. The molecule has 3 N–H and O–H groups in total. The van der Waals surface area contributed by atoms with Crippen LogP contribution in [0.25, 0.3) is 0 Å². The summed E-state index contributed by atoms with van der Waals surface area (Å²) in [6.07, 6.45) is 2.05. The zero-order valence-electron chi connectivity index (χ0n) is 17.2. The number of aliphatic hydroxyl groups excluding tert-OH is 3.